The number of carbonyl (C=O) groups is 1. The first-order valence-corrected chi connectivity index (χ1v) is 4.23. The van der Waals surface area contributed by atoms with Gasteiger partial charge in [-0.1, -0.05) is 37.6 Å². The van der Waals surface area contributed by atoms with E-state index in [1.54, 1.807) is 0 Å². The lowest BCUT2D eigenvalue weighted by molar-refractivity contribution is -0.136. The van der Waals surface area contributed by atoms with Gasteiger partial charge in [0.05, 0.1) is 0 Å². The Hall–Kier alpha value is -1.05. The molecule has 0 aliphatic rings. The van der Waals surface area contributed by atoms with Crippen LogP contribution in [0.2, 0.25) is 0 Å². The predicted molar refractivity (Wildman–Crippen MR) is 50.1 cm³/mol. The van der Waals surface area contributed by atoms with Crippen molar-refractivity contribution in [2.24, 2.45) is 0 Å². The van der Waals surface area contributed by atoms with E-state index >= 15 is 0 Å². The molecule has 1 N–H and O–H groups in total. The van der Waals surface area contributed by atoms with Crippen LogP contribution in [0.15, 0.2) is 24.3 Å². The molecule has 0 saturated carbocycles. The molecule has 0 bridgehead atoms. The molecule has 0 aromatic heterocycles. The fourth-order valence-corrected chi connectivity index (χ4v) is 0.767. The zero-order chi connectivity index (χ0) is 9.40. The van der Waals surface area contributed by atoms with Crippen molar-refractivity contribution in [3.05, 3.63) is 24.3 Å². The third kappa shape index (κ3) is 7.06. The van der Waals surface area contributed by atoms with Crippen LogP contribution in [-0.2, 0) is 4.79 Å². The van der Waals surface area contributed by atoms with E-state index in [9.17, 15) is 4.79 Å². The monoisotopic (exact) mass is 168 g/mol. The summed E-state index contributed by atoms with van der Waals surface area (Å²) in [5.74, 6) is -0.764. The molecule has 0 aromatic carbocycles. The summed E-state index contributed by atoms with van der Waals surface area (Å²) in [5.41, 5.74) is 0.894. The maximum atomic E-state index is 10.2. The summed E-state index contributed by atoms with van der Waals surface area (Å²) in [4.78, 5) is 10.2. The number of hydrogen-bond donors (Lipinski definition) is 1. The first kappa shape index (κ1) is 11.0. The van der Waals surface area contributed by atoms with E-state index in [-0.39, 0.29) is 6.42 Å². The van der Waals surface area contributed by atoms with Crippen LogP contribution in [0.1, 0.15) is 32.6 Å². The molecule has 0 amide bonds. The number of carboxylic acids is 1. The maximum absolute atomic E-state index is 10.2. The van der Waals surface area contributed by atoms with Gasteiger partial charge in [-0.05, 0) is 12.8 Å². The van der Waals surface area contributed by atoms with Crippen LogP contribution >= 0.6 is 0 Å². The lowest BCUT2D eigenvalue weighted by Crippen LogP contribution is -1.93. The summed E-state index contributed by atoms with van der Waals surface area (Å²) in [6.45, 7) is 5.85. The first-order chi connectivity index (χ1) is 5.66. The van der Waals surface area contributed by atoms with Crippen LogP contribution in [0.25, 0.3) is 0 Å². The van der Waals surface area contributed by atoms with Crippen LogP contribution < -0.4 is 0 Å². The zero-order valence-electron chi connectivity index (χ0n) is 7.55. The molecule has 0 radical (unpaired) electrons. The van der Waals surface area contributed by atoms with E-state index in [0.29, 0.717) is 6.42 Å². The van der Waals surface area contributed by atoms with Gasteiger partial charge in [0.1, 0.15) is 0 Å². The molecule has 0 aromatic rings. The van der Waals surface area contributed by atoms with Gasteiger partial charge in [0.25, 0.3) is 0 Å². The number of aliphatic carboxylic acids is 1. The van der Waals surface area contributed by atoms with Gasteiger partial charge in [-0.2, -0.15) is 0 Å². The quantitative estimate of drug-likeness (QED) is 0.619. The lowest BCUT2D eigenvalue weighted by Gasteiger charge is -1.95. The highest BCUT2D eigenvalue weighted by molar-refractivity contribution is 5.67. The average molecular weight is 168 g/mol. The highest BCUT2D eigenvalue weighted by atomic mass is 16.4. The van der Waals surface area contributed by atoms with Crippen molar-refractivity contribution >= 4 is 5.97 Å². The summed E-state index contributed by atoms with van der Waals surface area (Å²) in [6, 6.07) is 0. The second-order valence-electron chi connectivity index (χ2n) is 2.74. The molecule has 2 heteroatoms. The van der Waals surface area contributed by atoms with E-state index in [2.05, 4.69) is 13.5 Å². The Morgan fingerprint density at radius 3 is 2.67 bits per heavy atom. The number of unbranched alkanes of at least 4 members (excludes halogenated alkanes) is 1. The SMILES string of the molecule is C=C(C=CCCC)CCC(=O)O. The van der Waals surface area contributed by atoms with Gasteiger partial charge in [0, 0.05) is 6.42 Å². The molecule has 0 rings (SSSR count). The van der Waals surface area contributed by atoms with Crippen molar-refractivity contribution in [3.8, 4) is 0 Å². The largest absolute Gasteiger partial charge is 0.481 e. The van der Waals surface area contributed by atoms with Crippen molar-refractivity contribution in [1.29, 1.82) is 0 Å². The van der Waals surface area contributed by atoms with Gasteiger partial charge in [-0.25, -0.2) is 0 Å². The third-order valence-corrected chi connectivity index (χ3v) is 1.47. The van der Waals surface area contributed by atoms with Crippen molar-refractivity contribution in [1.82, 2.24) is 0 Å². The Labute approximate surface area is 73.6 Å². The minimum atomic E-state index is -0.764. The van der Waals surface area contributed by atoms with Crippen LogP contribution in [-0.4, -0.2) is 11.1 Å². The van der Waals surface area contributed by atoms with Gasteiger partial charge in [0.15, 0.2) is 0 Å². The second kappa shape index (κ2) is 6.65. The summed E-state index contributed by atoms with van der Waals surface area (Å²) in [5, 5.41) is 8.37. The van der Waals surface area contributed by atoms with Gasteiger partial charge in [-0.3, -0.25) is 4.79 Å². The molecule has 2 nitrogen and oxygen atoms in total. The highest BCUT2D eigenvalue weighted by Gasteiger charge is 1.96. The minimum absolute atomic E-state index is 0.176. The molecule has 0 aliphatic carbocycles. The molecule has 0 spiro atoms. The minimum Gasteiger partial charge on any atom is -0.481 e. The van der Waals surface area contributed by atoms with E-state index < -0.39 is 5.97 Å². The van der Waals surface area contributed by atoms with Gasteiger partial charge < -0.3 is 5.11 Å². The number of carboxylic acid groups (broad SMARTS) is 1. The normalized spacial score (nSPS) is 10.4. The lowest BCUT2D eigenvalue weighted by atomic mass is 10.1. The van der Waals surface area contributed by atoms with E-state index in [1.807, 2.05) is 12.2 Å². The number of hydrogen-bond acceptors (Lipinski definition) is 1. The molecule has 0 atom stereocenters. The topological polar surface area (TPSA) is 37.3 Å². The summed E-state index contributed by atoms with van der Waals surface area (Å²) < 4.78 is 0. The molecule has 0 heterocycles. The second-order valence-corrected chi connectivity index (χ2v) is 2.74. The van der Waals surface area contributed by atoms with E-state index in [1.165, 1.54) is 0 Å². The first-order valence-electron chi connectivity index (χ1n) is 4.23. The zero-order valence-corrected chi connectivity index (χ0v) is 7.55. The molecular weight excluding hydrogens is 152 g/mol. The Kier molecular flexibility index (Phi) is 6.07. The van der Waals surface area contributed by atoms with E-state index in [0.717, 1.165) is 18.4 Å². The summed E-state index contributed by atoms with van der Waals surface area (Å²) in [6.07, 6.45) is 6.82. The van der Waals surface area contributed by atoms with Crippen molar-refractivity contribution in [2.45, 2.75) is 32.6 Å². The van der Waals surface area contributed by atoms with Crippen LogP contribution in [0.5, 0.6) is 0 Å². The fraction of sp³-hybridized carbons (Fsp3) is 0.500. The number of rotatable bonds is 6. The molecule has 0 saturated heterocycles. The van der Waals surface area contributed by atoms with Crippen molar-refractivity contribution < 1.29 is 9.90 Å². The summed E-state index contributed by atoms with van der Waals surface area (Å²) >= 11 is 0. The average Bonchev–Trinajstić information content (AvgIpc) is 2.01. The van der Waals surface area contributed by atoms with Crippen LogP contribution in [0.4, 0.5) is 0 Å². The third-order valence-electron chi connectivity index (χ3n) is 1.47. The van der Waals surface area contributed by atoms with Gasteiger partial charge in [0.2, 0.25) is 0 Å². The fourth-order valence-electron chi connectivity index (χ4n) is 0.767. The van der Waals surface area contributed by atoms with Crippen LogP contribution in [0, 0.1) is 0 Å². The van der Waals surface area contributed by atoms with Crippen molar-refractivity contribution in [2.75, 3.05) is 0 Å². The molecule has 0 fully saturated rings. The van der Waals surface area contributed by atoms with Gasteiger partial charge >= 0.3 is 5.97 Å². The Bertz CT molecular complexity index is 180. The number of allylic oxidation sites excluding steroid dienone is 3. The molecule has 12 heavy (non-hydrogen) atoms. The highest BCUT2D eigenvalue weighted by Crippen LogP contribution is 2.04. The molecule has 0 unspecified atom stereocenters. The maximum Gasteiger partial charge on any atom is 0.303 e. The van der Waals surface area contributed by atoms with Crippen molar-refractivity contribution in [3.63, 3.8) is 0 Å². The smallest absolute Gasteiger partial charge is 0.303 e. The predicted octanol–water partition coefficient (Wildman–Crippen LogP) is 2.76. The van der Waals surface area contributed by atoms with Crippen LogP contribution in [0.3, 0.4) is 0 Å². The Balaban J connectivity index is 3.52. The van der Waals surface area contributed by atoms with E-state index in [4.69, 9.17) is 5.11 Å². The standard InChI is InChI=1S/C10H16O2/c1-3-4-5-6-9(2)7-8-10(11)12/h5-6H,2-4,7-8H2,1H3,(H,11,12). The Morgan fingerprint density at radius 1 is 1.50 bits per heavy atom. The molecular formula is C10H16O2. The molecule has 0 aliphatic heterocycles. The Morgan fingerprint density at radius 2 is 2.17 bits per heavy atom. The molecule has 68 valence electrons. The van der Waals surface area contributed by atoms with Gasteiger partial charge in [-0.15, -0.1) is 0 Å². The summed E-state index contributed by atoms with van der Waals surface area (Å²) in [7, 11) is 0.